The summed E-state index contributed by atoms with van der Waals surface area (Å²) in [6, 6.07) is 0. The molecule has 3 aromatic rings. The minimum atomic E-state index is -1.26. The summed E-state index contributed by atoms with van der Waals surface area (Å²) in [6.45, 7) is 2.26. The first-order valence-electron chi connectivity index (χ1n) is 7.16. The lowest BCUT2D eigenvalue weighted by Gasteiger charge is -2.17. The lowest BCUT2D eigenvalue weighted by molar-refractivity contribution is -0.297. The monoisotopic (exact) mass is 313 g/mol. The van der Waals surface area contributed by atoms with Crippen LogP contribution in [-0.4, -0.2) is 25.6 Å². The molecule has 4 rings (SSSR count). The maximum absolute atomic E-state index is 10.5. The van der Waals surface area contributed by atoms with Crippen LogP contribution in [0.5, 0.6) is 0 Å². The van der Waals surface area contributed by atoms with E-state index in [0.29, 0.717) is 11.7 Å². The Labute approximate surface area is 130 Å². The molecule has 1 atom stereocenters. The van der Waals surface area contributed by atoms with E-state index in [9.17, 15) is 9.90 Å². The molecule has 0 fully saturated rings. The number of carbonyl (C=O) groups is 1. The van der Waals surface area contributed by atoms with Gasteiger partial charge in [0.05, 0.1) is 11.4 Å². The molecule has 0 aliphatic heterocycles. The quantitative estimate of drug-likeness (QED) is 0.664. The third-order valence-electron chi connectivity index (χ3n) is 4.01. The van der Waals surface area contributed by atoms with Crippen molar-refractivity contribution in [3.8, 4) is 0 Å². The van der Waals surface area contributed by atoms with Crippen molar-refractivity contribution in [2.75, 3.05) is 0 Å². The average Bonchev–Trinajstić information content (AvgIpc) is 3.04. The van der Waals surface area contributed by atoms with Crippen LogP contribution in [0.3, 0.4) is 0 Å². The van der Waals surface area contributed by atoms with Crippen LogP contribution in [0.4, 0.5) is 0 Å². The zero-order valence-corrected chi connectivity index (χ0v) is 12.8. The molecule has 0 radical (unpaired) electrons. The van der Waals surface area contributed by atoms with Crippen molar-refractivity contribution in [1.29, 1.82) is 0 Å². The van der Waals surface area contributed by atoms with Gasteiger partial charge in [0.25, 0.3) is 0 Å². The van der Waals surface area contributed by atoms with E-state index in [0.717, 1.165) is 34.8 Å². The van der Waals surface area contributed by atoms with Crippen molar-refractivity contribution in [3.63, 3.8) is 0 Å². The summed E-state index contributed by atoms with van der Waals surface area (Å²) in [6.07, 6.45) is 7.25. The van der Waals surface area contributed by atoms with E-state index >= 15 is 0 Å². The van der Waals surface area contributed by atoms with Gasteiger partial charge in [-0.1, -0.05) is 6.92 Å². The lowest BCUT2D eigenvalue weighted by atomic mass is 9.89. The van der Waals surface area contributed by atoms with Gasteiger partial charge in [-0.25, -0.2) is 14.5 Å². The molecule has 1 aliphatic rings. The van der Waals surface area contributed by atoms with Crippen molar-refractivity contribution in [2.24, 2.45) is 5.92 Å². The third kappa shape index (κ3) is 2.09. The number of hydrogen-bond acceptors (Lipinski definition) is 6. The van der Waals surface area contributed by atoms with Gasteiger partial charge in [0, 0.05) is 4.88 Å². The van der Waals surface area contributed by atoms with Crippen molar-refractivity contribution in [1.82, 2.24) is 19.6 Å². The zero-order chi connectivity index (χ0) is 15.3. The van der Waals surface area contributed by atoms with Gasteiger partial charge >= 0.3 is 0 Å². The van der Waals surface area contributed by atoms with Gasteiger partial charge in [-0.15, -0.1) is 16.4 Å². The highest BCUT2D eigenvalue weighted by molar-refractivity contribution is 7.19. The largest absolute Gasteiger partial charge is 0.545 e. The molecule has 3 aromatic heterocycles. The van der Waals surface area contributed by atoms with E-state index < -0.39 is 5.97 Å². The molecule has 0 bridgehead atoms. The van der Waals surface area contributed by atoms with Crippen molar-refractivity contribution >= 4 is 39.2 Å². The number of aryl methyl sites for hydroxylation is 1. The summed E-state index contributed by atoms with van der Waals surface area (Å²) in [5.41, 5.74) is 2.08. The highest BCUT2D eigenvalue weighted by atomic mass is 32.1. The SMILES string of the molecule is C[C@H]1CCc2sc3ncn4nc(/C=C/C(=O)[O-])nc4c3c2C1. The Bertz CT molecular complexity index is 925. The Morgan fingerprint density at radius 3 is 3.23 bits per heavy atom. The summed E-state index contributed by atoms with van der Waals surface area (Å²) in [7, 11) is 0. The molecule has 0 unspecified atom stereocenters. The Morgan fingerprint density at radius 1 is 1.55 bits per heavy atom. The van der Waals surface area contributed by atoms with Crippen molar-refractivity contribution in [3.05, 3.63) is 28.7 Å². The van der Waals surface area contributed by atoms with Crippen LogP contribution in [0, 0.1) is 5.92 Å². The molecule has 7 heteroatoms. The van der Waals surface area contributed by atoms with Crippen LogP contribution in [0.1, 0.15) is 29.6 Å². The van der Waals surface area contributed by atoms with Crippen LogP contribution >= 0.6 is 11.3 Å². The maximum atomic E-state index is 10.5. The molecule has 0 spiro atoms. The van der Waals surface area contributed by atoms with Crippen LogP contribution < -0.4 is 5.11 Å². The molecule has 0 saturated heterocycles. The van der Waals surface area contributed by atoms with Crippen LogP contribution in [0.15, 0.2) is 12.4 Å². The molecule has 0 amide bonds. The number of aromatic nitrogens is 4. The topological polar surface area (TPSA) is 83.2 Å². The molecule has 0 saturated carbocycles. The van der Waals surface area contributed by atoms with Crippen LogP contribution in [0.25, 0.3) is 21.9 Å². The summed E-state index contributed by atoms with van der Waals surface area (Å²) in [5, 5.41) is 15.8. The van der Waals surface area contributed by atoms with Crippen LogP contribution in [0.2, 0.25) is 0 Å². The normalized spacial score (nSPS) is 18.3. The molecular formula is C15H13N4O2S-. The van der Waals surface area contributed by atoms with E-state index in [1.807, 2.05) is 0 Å². The number of carboxylic acids is 1. The Hall–Kier alpha value is -2.28. The molecule has 0 aromatic carbocycles. The number of rotatable bonds is 2. The standard InChI is InChI=1S/C15H14N4O2S/c1-8-2-3-10-9(6-8)13-14-17-11(4-5-12(20)21)18-19(14)7-16-15(13)22-10/h4-5,7-8H,2-3,6H2,1H3,(H,20,21)/p-1/b5-4+/t8-/m0/s1. The highest BCUT2D eigenvalue weighted by Crippen LogP contribution is 2.38. The second-order valence-electron chi connectivity index (χ2n) is 5.67. The molecule has 22 heavy (non-hydrogen) atoms. The predicted octanol–water partition coefficient (Wildman–Crippen LogP) is 1.23. The second kappa shape index (κ2) is 4.88. The summed E-state index contributed by atoms with van der Waals surface area (Å²) in [5.74, 6) is -0.253. The highest BCUT2D eigenvalue weighted by Gasteiger charge is 2.23. The molecule has 3 heterocycles. The summed E-state index contributed by atoms with van der Waals surface area (Å²) >= 11 is 1.73. The number of thiophene rings is 1. The number of aliphatic carboxylic acids is 1. The first-order chi connectivity index (χ1) is 10.6. The Kier molecular flexibility index (Phi) is 2.97. The van der Waals surface area contributed by atoms with E-state index in [2.05, 4.69) is 22.0 Å². The number of carboxylic acid groups (broad SMARTS) is 1. The van der Waals surface area contributed by atoms with Crippen LogP contribution in [-0.2, 0) is 17.6 Å². The fourth-order valence-corrected chi connectivity index (χ4v) is 4.15. The van der Waals surface area contributed by atoms with Gasteiger partial charge in [-0.05, 0) is 42.9 Å². The number of fused-ring (bicyclic) bond motifs is 5. The average molecular weight is 313 g/mol. The minimum absolute atomic E-state index is 0.349. The van der Waals surface area contributed by atoms with Gasteiger partial charge in [0.2, 0.25) is 0 Å². The summed E-state index contributed by atoms with van der Waals surface area (Å²) < 4.78 is 1.61. The predicted molar refractivity (Wildman–Crippen MR) is 81.4 cm³/mol. The smallest absolute Gasteiger partial charge is 0.175 e. The molecule has 112 valence electrons. The number of nitrogens with zero attached hydrogens (tertiary/aromatic N) is 4. The lowest BCUT2D eigenvalue weighted by Crippen LogP contribution is -2.18. The molecule has 1 aliphatic carbocycles. The molecule has 6 nitrogen and oxygen atoms in total. The van der Waals surface area contributed by atoms with E-state index in [4.69, 9.17) is 0 Å². The van der Waals surface area contributed by atoms with E-state index in [-0.39, 0.29) is 0 Å². The molecule has 0 N–H and O–H groups in total. The Morgan fingerprint density at radius 2 is 2.41 bits per heavy atom. The second-order valence-corrected chi connectivity index (χ2v) is 6.75. The van der Waals surface area contributed by atoms with E-state index in [1.165, 1.54) is 22.9 Å². The summed E-state index contributed by atoms with van der Waals surface area (Å²) in [4.78, 5) is 21.8. The number of hydrogen-bond donors (Lipinski definition) is 0. The Balaban J connectivity index is 1.94. The van der Waals surface area contributed by atoms with Gasteiger partial charge in [0.1, 0.15) is 11.2 Å². The molecular weight excluding hydrogens is 300 g/mol. The van der Waals surface area contributed by atoms with Crippen molar-refractivity contribution in [2.45, 2.75) is 26.2 Å². The fourth-order valence-electron chi connectivity index (χ4n) is 2.98. The zero-order valence-electron chi connectivity index (χ0n) is 11.9. The third-order valence-corrected chi connectivity index (χ3v) is 5.21. The first-order valence-corrected chi connectivity index (χ1v) is 7.98. The number of carbonyl (C=O) groups excluding carboxylic acids is 1. The van der Waals surface area contributed by atoms with Gasteiger partial charge < -0.3 is 9.90 Å². The maximum Gasteiger partial charge on any atom is 0.175 e. The minimum Gasteiger partial charge on any atom is -0.545 e. The van der Waals surface area contributed by atoms with Gasteiger partial charge in [-0.3, -0.25) is 0 Å². The van der Waals surface area contributed by atoms with Gasteiger partial charge in [0.15, 0.2) is 11.5 Å². The van der Waals surface area contributed by atoms with Crippen molar-refractivity contribution < 1.29 is 9.90 Å². The first kappa shape index (κ1) is 13.4. The fraction of sp³-hybridized carbons (Fsp3) is 0.333. The van der Waals surface area contributed by atoms with E-state index in [1.54, 1.807) is 22.2 Å². The van der Waals surface area contributed by atoms with Gasteiger partial charge in [-0.2, -0.15) is 0 Å².